The quantitative estimate of drug-likeness (QED) is 0.880. The number of hydrogen-bond acceptors (Lipinski definition) is 4. The van der Waals surface area contributed by atoms with Crippen molar-refractivity contribution in [2.75, 3.05) is 5.32 Å². The minimum Gasteiger partial charge on any atom is -0.323 e. The second-order valence-corrected chi connectivity index (χ2v) is 5.13. The fraction of sp³-hybridized carbons (Fsp3) is 0.400. The molecule has 6 heteroatoms. The molecule has 2 aromatic heterocycles. The number of rotatable bonds is 5. The van der Waals surface area contributed by atoms with Crippen molar-refractivity contribution in [2.24, 2.45) is 5.73 Å². The van der Waals surface area contributed by atoms with Gasteiger partial charge in [0.15, 0.2) is 5.82 Å². The number of carbonyl (C=O) groups is 1. The van der Waals surface area contributed by atoms with Gasteiger partial charge in [-0.3, -0.25) is 4.79 Å². The Labute approximate surface area is 124 Å². The maximum atomic E-state index is 11.8. The number of aryl methyl sites for hydroxylation is 2. The third-order valence-corrected chi connectivity index (χ3v) is 3.18. The molecule has 0 bridgehead atoms. The fourth-order valence-corrected chi connectivity index (χ4v) is 2.12. The zero-order valence-electron chi connectivity index (χ0n) is 12.6. The second kappa shape index (κ2) is 6.49. The summed E-state index contributed by atoms with van der Waals surface area (Å²) in [7, 11) is 0. The molecular weight excluding hydrogens is 266 g/mol. The van der Waals surface area contributed by atoms with Gasteiger partial charge in [-0.05, 0) is 38.5 Å². The van der Waals surface area contributed by atoms with Gasteiger partial charge in [0.2, 0.25) is 5.91 Å². The highest BCUT2D eigenvalue weighted by atomic mass is 16.2. The molecule has 0 aliphatic carbocycles. The Hall–Kier alpha value is -2.21. The van der Waals surface area contributed by atoms with Gasteiger partial charge in [0, 0.05) is 5.69 Å². The minimum atomic E-state index is -0.481. The largest absolute Gasteiger partial charge is 0.323 e. The van der Waals surface area contributed by atoms with E-state index in [0.717, 1.165) is 23.6 Å². The van der Waals surface area contributed by atoms with Crippen molar-refractivity contribution in [2.45, 2.75) is 39.7 Å². The maximum Gasteiger partial charge on any atom is 0.241 e. The van der Waals surface area contributed by atoms with Crippen LogP contribution < -0.4 is 11.1 Å². The summed E-state index contributed by atoms with van der Waals surface area (Å²) in [6.07, 6.45) is 3.16. The van der Waals surface area contributed by atoms with Gasteiger partial charge in [0.05, 0.1) is 23.6 Å². The Kier molecular flexibility index (Phi) is 4.70. The highest BCUT2D eigenvalue weighted by molar-refractivity contribution is 5.94. The van der Waals surface area contributed by atoms with E-state index in [2.05, 4.69) is 15.4 Å². The molecule has 0 saturated heterocycles. The molecule has 1 amide bonds. The molecular formula is C15H21N5O. The van der Waals surface area contributed by atoms with Crippen molar-refractivity contribution >= 4 is 11.6 Å². The van der Waals surface area contributed by atoms with Crippen molar-refractivity contribution in [1.29, 1.82) is 0 Å². The second-order valence-electron chi connectivity index (χ2n) is 5.13. The molecule has 0 radical (unpaired) electrons. The third-order valence-electron chi connectivity index (χ3n) is 3.18. The molecule has 0 aromatic carbocycles. The summed E-state index contributed by atoms with van der Waals surface area (Å²) < 4.78 is 1.77. The Morgan fingerprint density at radius 1 is 1.43 bits per heavy atom. The van der Waals surface area contributed by atoms with Crippen LogP contribution in [0.2, 0.25) is 0 Å². The van der Waals surface area contributed by atoms with Crippen molar-refractivity contribution in [3.05, 3.63) is 35.8 Å². The molecule has 6 nitrogen and oxygen atoms in total. The van der Waals surface area contributed by atoms with Crippen LogP contribution in [0.3, 0.4) is 0 Å². The Bertz CT molecular complexity index is 617. The van der Waals surface area contributed by atoms with Gasteiger partial charge in [0.25, 0.3) is 0 Å². The summed E-state index contributed by atoms with van der Waals surface area (Å²) in [4.78, 5) is 16.2. The van der Waals surface area contributed by atoms with Crippen LogP contribution in [0, 0.1) is 13.8 Å². The molecule has 0 aliphatic heterocycles. The molecule has 21 heavy (non-hydrogen) atoms. The average molecular weight is 287 g/mol. The monoisotopic (exact) mass is 287 g/mol. The topological polar surface area (TPSA) is 85.8 Å². The average Bonchev–Trinajstić information content (AvgIpc) is 2.79. The molecule has 2 heterocycles. The van der Waals surface area contributed by atoms with E-state index in [-0.39, 0.29) is 5.91 Å². The zero-order chi connectivity index (χ0) is 15.4. The van der Waals surface area contributed by atoms with Gasteiger partial charge in [-0.15, -0.1) is 0 Å². The molecule has 1 unspecified atom stereocenters. The summed E-state index contributed by atoms with van der Waals surface area (Å²) in [6, 6.07) is 5.13. The number of carbonyl (C=O) groups excluding carboxylic acids is 1. The number of nitrogens with zero attached hydrogens (tertiary/aromatic N) is 3. The lowest BCUT2D eigenvalue weighted by molar-refractivity contribution is -0.117. The van der Waals surface area contributed by atoms with Crippen molar-refractivity contribution < 1.29 is 4.79 Å². The smallest absolute Gasteiger partial charge is 0.241 e. The molecule has 1 atom stereocenters. The van der Waals surface area contributed by atoms with Gasteiger partial charge < -0.3 is 11.1 Å². The van der Waals surface area contributed by atoms with Gasteiger partial charge in [0.1, 0.15) is 0 Å². The van der Waals surface area contributed by atoms with Gasteiger partial charge in [-0.25, -0.2) is 9.67 Å². The molecule has 0 aliphatic rings. The van der Waals surface area contributed by atoms with Crippen LogP contribution in [0.5, 0.6) is 0 Å². The van der Waals surface area contributed by atoms with Gasteiger partial charge in [-0.1, -0.05) is 13.3 Å². The summed E-state index contributed by atoms with van der Waals surface area (Å²) in [5.41, 5.74) is 8.37. The van der Waals surface area contributed by atoms with Crippen molar-refractivity contribution in [3.8, 4) is 5.82 Å². The van der Waals surface area contributed by atoms with Crippen LogP contribution >= 0.6 is 0 Å². The summed E-state index contributed by atoms with van der Waals surface area (Å²) in [5, 5.41) is 7.14. The number of hydrogen-bond donors (Lipinski definition) is 2. The van der Waals surface area contributed by atoms with Crippen LogP contribution in [0.25, 0.3) is 5.82 Å². The van der Waals surface area contributed by atoms with E-state index in [0.29, 0.717) is 12.1 Å². The lowest BCUT2D eigenvalue weighted by atomic mass is 10.1. The Balaban J connectivity index is 2.09. The predicted molar refractivity (Wildman–Crippen MR) is 82.3 cm³/mol. The lowest BCUT2D eigenvalue weighted by Crippen LogP contribution is -2.35. The van der Waals surface area contributed by atoms with Crippen LogP contribution in [-0.4, -0.2) is 26.7 Å². The normalized spacial score (nSPS) is 12.2. The maximum absolute atomic E-state index is 11.8. The molecule has 3 N–H and O–H groups in total. The summed E-state index contributed by atoms with van der Waals surface area (Å²) >= 11 is 0. The zero-order valence-corrected chi connectivity index (χ0v) is 12.6. The standard InChI is InChI=1S/C15H21N5O/c1-4-5-13(16)15(21)18-12-6-7-14(17-9-12)20-11(3)8-10(2)19-20/h6-9,13H,4-5,16H2,1-3H3,(H,18,21). The molecule has 2 aromatic rings. The number of nitrogens with two attached hydrogens (primary N) is 1. The summed E-state index contributed by atoms with van der Waals surface area (Å²) in [6.45, 7) is 5.91. The van der Waals surface area contributed by atoms with Crippen LogP contribution in [0.1, 0.15) is 31.2 Å². The van der Waals surface area contributed by atoms with Crippen molar-refractivity contribution in [3.63, 3.8) is 0 Å². The van der Waals surface area contributed by atoms with E-state index < -0.39 is 6.04 Å². The van der Waals surface area contributed by atoms with Crippen LogP contribution in [0.15, 0.2) is 24.4 Å². The highest BCUT2D eigenvalue weighted by Gasteiger charge is 2.12. The molecule has 0 fully saturated rings. The lowest BCUT2D eigenvalue weighted by Gasteiger charge is -2.11. The summed E-state index contributed by atoms with van der Waals surface area (Å²) in [5.74, 6) is 0.536. The van der Waals surface area contributed by atoms with E-state index in [1.54, 1.807) is 16.9 Å². The predicted octanol–water partition coefficient (Wildman–Crippen LogP) is 1.95. The van der Waals surface area contributed by atoms with Crippen LogP contribution in [-0.2, 0) is 4.79 Å². The van der Waals surface area contributed by atoms with Gasteiger partial charge in [-0.2, -0.15) is 5.10 Å². The first kappa shape index (κ1) is 15.2. The fourth-order valence-electron chi connectivity index (χ4n) is 2.12. The van der Waals surface area contributed by atoms with E-state index in [4.69, 9.17) is 5.73 Å². The number of anilines is 1. The minimum absolute atomic E-state index is 0.183. The highest BCUT2D eigenvalue weighted by Crippen LogP contribution is 2.13. The number of amides is 1. The molecule has 0 saturated carbocycles. The number of aromatic nitrogens is 3. The Morgan fingerprint density at radius 2 is 2.19 bits per heavy atom. The first-order valence-electron chi connectivity index (χ1n) is 7.07. The van der Waals surface area contributed by atoms with Crippen molar-refractivity contribution in [1.82, 2.24) is 14.8 Å². The third kappa shape index (κ3) is 3.66. The molecule has 112 valence electrons. The first-order valence-corrected chi connectivity index (χ1v) is 7.07. The van der Waals surface area contributed by atoms with E-state index in [1.807, 2.05) is 32.9 Å². The SMILES string of the molecule is CCCC(N)C(=O)Nc1ccc(-n2nc(C)cc2C)nc1. The van der Waals surface area contributed by atoms with Gasteiger partial charge >= 0.3 is 0 Å². The van der Waals surface area contributed by atoms with E-state index >= 15 is 0 Å². The molecule has 2 rings (SSSR count). The first-order chi connectivity index (χ1) is 10.0. The Morgan fingerprint density at radius 3 is 2.71 bits per heavy atom. The van der Waals surface area contributed by atoms with E-state index in [9.17, 15) is 4.79 Å². The molecule has 0 spiro atoms. The number of pyridine rings is 1. The number of nitrogens with one attached hydrogen (secondary N) is 1. The van der Waals surface area contributed by atoms with E-state index in [1.165, 1.54) is 0 Å². The van der Waals surface area contributed by atoms with Crippen LogP contribution in [0.4, 0.5) is 5.69 Å².